The predicted molar refractivity (Wildman–Crippen MR) is 153 cm³/mol. The Bertz CT molecular complexity index is 1340. The number of ether oxygens (including phenoxy) is 1. The molecule has 198 valence electrons. The highest BCUT2D eigenvalue weighted by Crippen LogP contribution is 2.43. The molecule has 0 radical (unpaired) electrons. The van der Waals surface area contributed by atoms with Crippen molar-refractivity contribution in [3.63, 3.8) is 0 Å². The molecule has 1 unspecified atom stereocenters. The van der Waals surface area contributed by atoms with Gasteiger partial charge in [-0.25, -0.2) is 0 Å². The Morgan fingerprint density at radius 3 is 2.13 bits per heavy atom. The van der Waals surface area contributed by atoms with E-state index in [2.05, 4.69) is 18.7 Å². The van der Waals surface area contributed by atoms with Crippen molar-refractivity contribution in [1.29, 1.82) is 0 Å². The Morgan fingerprint density at radius 2 is 1.55 bits per heavy atom. The first-order valence-electron chi connectivity index (χ1n) is 13.3. The van der Waals surface area contributed by atoms with Crippen LogP contribution in [0.5, 0.6) is 5.75 Å². The van der Waals surface area contributed by atoms with Gasteiger partial charge in [-0.05, 0) is 99.3 Å². The third-order valence-electron chi connectivity index (χ3n) is 7.15. The van der Waals surface area contributed by atoms with E-state index in [0.717, 1.165) is 41.9 Å². The fraction of sp³-hybridized carbons (Fsp3) is 0.312. The minimum Gasteiger partial charge on any atom is -0.507 e. The highest BCUT2D eigenvalue weighted by Gasteiger charge is 2.47. The number of aryl methyl sites for hydroxylation is 2. The van der Waals surface area contributed by atoms with Gasteiger partial charge in [0.1, 0.15) is 11.5 Å². The number of Topliss-reactive ketones (excluding diaryl/α,β-unsaturated/α-hetero) is 1. The van der Waals surface area contributed by atoms with Crippen LogP contribution >= 0.6 is 0 Å². The zero-order valence-corrected chi connectivity index (χ0v) is 22.8. The first kappa shape index (κ1) is 27.0. The number of benzene rings is 3. The van der Waals surface area contributed by atoms with Crippen molar-refractivity contribution in [2.75, 3.05) is 29.5 Å². The number of rotatable bonds is 9. The minimum absolute atomic E-state index is 0.0750. The second-order valence-corrected chi connectivity index (χ2v) is 9.57. The van der Waals surface area contributed by atoms with Crippen LogP contribution in [0.15, 0.2) is 72.3 Å². The Hall–Kier alpha value is -4.06. The molecule has 1 amide bonds. The summed E-state index contributed by atoms with van der Waals surface area (Å²) in [6.45, 7) is 12.5. The molecule has 1 saturated heterocycles. The number of hydrogen-bond donors (Lipinski definition) is 1. The van der Waals surface area contributed by atoms with Gasteiger partial charge in [-0.1, -0.05) is 25.1 Å². The topological polar surface area (TPSA) is 70.1 Å². The van der Waals surface area contributed by atoms with Gasteiger partial charge in [0.15, 0.2) is 0 Å². The molecule has 6 nitrogen and oxygen atoms in total. The van der Waals surface area contributed by atoms with Crippen molar-refractivity contribution >= 4 is 28.8 Å². The van der Waals surface area contributed by atoms with E-state index in [1.165, 1.54) is 4.90 Å². The van der Waals surface area contributed by atoms with Crippen molar-refractivity contribution in [3.8, 4) is 5.75 Å². The standard InChI is InChI=1S/C32H36N2O4/c1-6-19-38-27-17-12-24(13-18-27)30(35)28-29(23-10-15-25(16-11-23)33(7-2)8-3)34(32(37)31(28)36)26-14-9-21(4)22(5)20-26/h9-18,20,29,35H,6-8,19H2,1-5H3/b30-28+. The number of ketones is 1. The number of hydrogen-bond acceptors (Lipinski definition) is 5. The van der Waals surface area contributed by atoms with Crippen molar-refractivity contribution < 1.29 is 19.4 Å². The molecule has 6 heteroatoms. The van der Waals surface area contributed by atoms with E-state index in [-0.39, 0.29) is 11.3 Å². The molecule has 38 heavy (non-hydrogen) atoms. The molecule has 1 aliphatic heterocycles. The van der Waals surface area contributed by atoms with Gasteiger partial charge in [-0.15, -0.1) is 0 Å². The molecule has 3 aromatic rings. The summed E-state index contributed by atoms with van der Waals surface area (Å²) in [5.74, 6) is -0.877. The molecular weight excluding hydrogens is 476 g/mol. The molecule has 0 saturated carbocycles. The maximum atomic E-state index is 13.5. The van der Waals surface area contributed by atoms with E-state index >= 15 is 0 Å². The van der Waals surface area contributed by atoms with Crippen LogP contribution in [0.2, 0.25) is 0 Å². The number of aliphatic hydroxyl groups excluding tert-OH is 1. The normalized spacial score (nSPS) is 16.7. The third kappa shape index (κ3) is 5.17. The summed E-state index contributed by atoms with van der Waals surface area (Å²) in [5, 5.41) is 11.4. The van der Waals surface area contributed by atoms with Crippen LogP contribution in [0.4, 0.5) is 11.4 Å². The van der Waals surface area contributed by atoms with E-state index in [4.69, 9.17) is 4.74 Å². The van der Waals surface area contributed by atoms with E-state index in [1.54, 1.807) is 24.3 Å². The van der Waals surface area contributed by atoms with Crippen molar-refractivity contribution in [1.82, 2.24) is 0 Å². The summed E-state index contributed by atoms with van der Waals surface area (Å²) in [6, 6.07) is 19.8. The molecule has 0 bridgehead atoms. The first-order chi connectivity index (χ1) is 18.3. The predicted octanol–water partition coefficient (Wildman–Crippen LogP) is 6.56. The SMILES string of the molecule is CCCOc1ccc(/C(O)=C2\C(=O)C(=O)N(c3ccc(C)c(C)c3)C2c2ccc(N(CC)CC)cc2)cc1. The molecule has 3 aromatic carbocycles. The van der Waals surface area contributed by atoms with Gasteiger partial charge in [0.05, 0.1) is 18.2 Å². The third-order valence-corrected chi connectivity index (χ3v) is 7.15. The largest absolute Gasteiger partial charge is 0.507 e. The zero-order valence-electron chi connectivity index (χ0n) is 22.8. The van der Waals surface area contributed by atoms with Crippen LogP contribution in [-0.4, -0.2) is 36.5 Å². The molecular formula is C32H36N2O4. The van der Waals surface area contributed by atoms with E-state index in [1.807, 2.05) is 63.2 Å². The number of carbonyl (C=O) groups is 2. The molecule has 1 fully saturated rings. The van der Waals surface area contributed by atoms with Crippen molar-refractivity contribution in [2.24, 2.45) is 0 Å². The average Bonchev–Trinajstić information content (AvgIpc) is 3.20. The maximum absolute atomic E-state index is 13.5. The molecule has 0 aliphatic carbocycles. The summed E-state index contributed by atoms with van der Waals surface area (Å²) in [5.41, 5.74) is 5.07. The van der Waals surface area contributed by atoms with Gasteiger partial charge in [-0.3, -0.25) is 14.5 Å². The highest BCUT2D eigenvalue weighted by molar-refractivity contribution is 6.51. The van der Waals surface area contributed by atoms with Crippen molar-refractivity contribution in [2.45, 2.75) is 47.1 Å². The quantitative estimate of drug-likeness (QED) is 0.200. The second-order valence-electron chi connectivity index (χ2n) is 9.57. The molecule has 1 N–H and O–H groups in total. The zero-order chi connectivity index (χ0) is 27.4. The van der Waals surface area contributed by atoms with Gasteiger partial charge in [-0.2, -0.15) is 0 Å². The minimum atomic E-state index is -0.765. The maximum Gasteiger partial charge on any atom is 0.300 e. The van der Waals surface area contributed by atoms with E-state index < -0.39 is 17.7 Å². The average molecular weight is 513 g/mol. The fourth-order valence-corrected chi connectivity index (χ4v) is 4.83. The lowest BCUT2D eigenvalue weighted by atomic mass is 9.94. The number of amides is 1. The summed E-state index contributed by atoms with van der Waals surface area (Å²) in [7, 11) is 0. The summed E-state index contributed by atoms with van der Waals surface area (Å²) >= 11 is 0. The monoisotopic (exact) mass is 512 g/mol. The summed E-state index contributed by atoms with van der Waals surface area (Å²) < 4.78 is 5.66. The number of anilines is 2. The molecule has 1 atom stereocenters. The molecule has 4 rings (SSSR count). The van der Waals surface area contributed by atoms with Crippen LogP contribution in [0.1, 0.15) is 55.5 Å². The molecule has 1 aliphatic rings. The number of aliphatic hydroxyl groups is 1. The summed E-state index contributed by atoms with van der Waals surface area (Å²) in [4.78, 5) is 30.7. The van der Waals surface area contributed by atoms with Crippen LogP contribution in [0.3, 0.4) is 0 Å². The van der Waals surface area contributed by atoms with Crippen LogP contribution in [0, 0.1) is 13.8 Å². The smallest absolute Gasteiger partial charge is 0.300 e. The number of nitrogens with zero attached hydrogens (tertiary/aromatic N) is 2. The Morgan fingerprint density at radius 1 is 0.895 bits per heavy atom. The van der Waals surface area contributed by atoms with E-state index in [0.29, 0.717) is 23.6 Å². The van der Waals surface area contributed by atoms with Crippen LogP contribution < -0.4 is 14.5 Å². The molecule has 0 spiro atoms. The summed E-state index contributed by atoms with van der Waals surface area (Å²) in [6.07, 6.45) is 0.886. The van der Waals surface area contributed by atoms with Crippen molar-refractivity contribution in [3.05, 3.63) is 94.6 Å². The second kappa shape index (κ2) is 11.5. The Balaban J connectivity index is 1.85. The molecule has 0 aromatic heterocycles. The lowest BCUT2D eigenvalue weighted by Gasteiger charge is -2.27. The van der Waals surface area contributed by atoms with Gasteiger partial charge < -0.3 is 14.7 Å². The lowest BCUT2D eigenvalue weighted by molar-refractivity contribution is -0.132. The van der Waals surface area contributed by atoms with Gasteiger partial charge in [0, 0.05) is 30.0 Å². The lowest BCUT2D eigenvalue weighted by Crippen LogP contribution is -2.29. The van der Waals surface area contributed by atoms with E-state index in [9.17, 15) is 14.7 Å². The van der Waals surface area contributed by atoms with Gasteiger partial charge in [0.2, 0.25) is 0 Å². The Kier molecular flexibility index (Phi) is 8.20. The first-order valence-corrected chi connectivity index (χ1v) is 13.3. The molecule has 1 heterocycles. The van der Waals surface area contributed by atoms with Crippen LogP contribution in [-0.2, 0) is 9.59 Å². The number of carbonyl (C=O) groups excluding carboxylic acids is 2. The van der Waals surface area contributed by atoms with Gasteiger partial charge in [0.25, 0.3) is 11.7 Å². The van der Waals surface area contributed by atoms with Gasteiger partial charge >= 0.3 is 0 Å². The Labute approximate surface area is 225 Å². The van der Waals surface area contributed by atoms with Crippen LogP contribution in [0.25, 0.3) is 5.76 Å². The highest BCUT2D eigenvalue weighted by atomic mass is 16.5. The fourth-order valence-electron chi connectivity index (χ4n) is 4.83.